The highest BCUT2D eigenvalue weighted by Crippen LogP contribution is 2.22. The van der Waals surface area contributed by atoms with E-state index in [-0.39, 0.29) is 23.7 Å². The maximum Gasteiger partial charge on any atom is 0.337 e. The van der Waals surface area contributed by atoms with Gasteiger partial charge in [0.2, 0.25) is 0 Å². The van der Waals surface area contributed by atoms with Crippen LogP contribution in [0.15, 0.2) is 18.5 Å². The van der Waals surface area contributed by atoms with Crippen LogP contribution in [0.3, 0.4) is 0 Å². The smallest absolute Gasteiger partial charge is 0.337 e. The predicted molar refractivity (Wildman–Crippen MR) is 67.2 cm³/mol. The Hall–Kier alpha value is -2.15. The fourth-order valence-corrected chi connectivity index (χ4v) is 1.85. The van der Waals surface area contributed by atoms with Gasteiger partial charge in [0.25, 0.3) is 0 Å². The number of pyridine rings is 1. The van der Waals surface area contributed by atoms with Crippen molar-refractivity contribution in [3.63, 3.8) is 0 Å². The number of hydrogen-bond donors (Lipinski definition) is 3. The van der Waals surface area contributed by atoms with E-state index >= 15 is 0 Å². The SMILES string of the molecule is COC1CC(NC(=O)Nc2cncc(C(=O)O)c2)C1. The number of urea groups is 1. The highest BCUT2D eigenvalue weighted by molar-refractivity contribution is 5.92. The van der Waals surface area contributed by atoms with Crippen LogP contribution in [0, 0.1) is 0 Å². The van der Waals surface area contributed by atoms with Gasteiger partial charge in [0, 0.05) is 19.3 Å². The molecule has 1 heterocycles. The van der Waals surface area contributed by atoms with Gasteiger partial charge < -0.3 is 20.5 Å². The monoisotopic (exact) mass is 265 g/mol. The summed E-state index contributed by atoms with van der Waals surface area (Å²) in [6.07, 6.45) is 4.40. The number of hydrogen-bond acceptors (Lipinski definition) is 4. The summed E-state index contributed by atoms with van der Waals surface area (Å²) < 4.78 is 5.11. The normalized spacial score (nSPS) is 21.3. The third kappa shape index (κ3) is 3.41. The van der Waals surface area contributed by atoms with Gasteiger partial charge in [0.05, 0.1) is 23.6 Å². The Labute approximate surface area is 110 Å². The molecule has 2 amide bonds. The summed E-state index contributed by atoms with van der Waals surface area (Å²) in [5, 5.41) is 14.1. The number of carboxylic acid groups (broad SMARTS) is 1. The van der Waals surface area contributed by atoms with Gasteiger partial charge in [-0.15, -0.1) is 0 Å². The zero-order valence-electron chi connectivity index (χ0n) is 10.4. The molecule has 0 saturated heterocycles. The summed E-state index contributed by atoms with van der Waals surface area (Å²) in [5.74, 6) is -1.08. The molecule has 7 nitrogen and oxygen atoms in total. The highest BCUT2D eigenvalue weighted by Gasteiger charge is 2.30. The number of carboxylic acids is 1. The zero-order valence-corrected chi connectivity index (χ0v) is 10.4. The van der Waals surface area contributed by atoms with Crippen molar-refractivity contribution in [2.45, 2.75) is 25.0 Å². The zero-order chi connectivity index (χ0) is 13.8. The first-order chi connectivity index (χ1) is 9.08. The number of ether oxygens (including phenoxy) is 1. The molecule has 1 fully saturated rings. The quantitative estimate of drug-likeness (QED) is 0.756. The third-order valence-electron chi connectivity index (χ3n) is 3.01. The second-order valence-corrected chi connectivity index (χ2v) is 4.39. The molecule has 7 heteroatoms. The topological polar surface area (TPSA) is 101 Å². The van der Waals surface area contributed by atoms with E-state index in [1.165, 1.54) is 18.5 Å². The Bertz CT molecular complexity index is 486. The van der Waals surface area contributed by atoms with Gasteiger partial charge >= 0.3 is 12.0 Å². The number of anilines is 1. The lowest BCUT2D eigenvalue weighted by Crippen LogP contribution is -2.48. The largest absolute Gasteiger partial charge is 0.478 e. The first kappa shape index (κ1) is 13.3. The average molecular weight is 265 g/mol. The molecular formula is C12H15N3O4. The number of amides is 2. The standard InChI is InChI=1S/C12H15N3O4/c1-19-10-3-8(4-10)14-12(18)15-9-2-7(11(16)17)5-13-6-9/h2,5-6,8,10H,3-4H2,1H3,(H,16,17)(H2,14,15,18). The lowest BCUT2D eigenvalue weighted by atomic mass is 9.89. The van der Waals surface area contributed by atoms with Crippen LogP contribution in [-0.4, -0.2) is 41.3 Å². The molecule has 1 saturated carbocycles. The Morgan fingerprint density at radius 2 is 2.16 bits per heavy atom. The minimum absolute atomic E-state index is 0.0286. The fourth-order valence-electron chi connectivity index (χ4n) is 1.85. The van der Waals surface area contributed by atoms with E-state index in [9.17, 15) is 9.59 Å². The summed E-state index contributed by atoms with van der Waals surface area (Å²) >= 11 is 0. The second kappa shape index (κ2) is 5.66. The van der Waals surface area contributed by atoms with Crippen molar-refractivity contribution in [2.75, 3.05) is 12.4 Å². The Balaban J connectivity index is 1.85. The molecule has 102 valence electrons. The number of aromatic nitrogens is 1. The lowest BCUT2D eigenvalue weighted by molar-refractivity contribution is 0.0210. The van der Waals surface area contributed by atoms with Crippen molar-refractivity contribution in [3.8, 4) is 0 Å². The van der Waals surface area contributed by atoms with Crippen LogP contribution in [0.2, 0.25) is 0 Å². The number of nitrogens with one attached hydrogen (secondary N) is 2. The molecule has 0 aromatic carbocycles. The van der Waals surface area contributed by atoms with Crippen molar-refractivity contribution in [1.82, 2.24) is 10.3 Å². The van der Waals surface area contributed by atoms with Crippen molar-refractivity contribution in [1.29, 1.82) is 0 Å². The molecule has 0 atom stereocenters. The van der Waals surface area contributed by atoms with Gasteiger partial charge in [-0.3, -0.25) is 4.98 Å². The van der Waals surface area contributed by atoms with Gasteiger partial charge in [-0.2, -0.15) is 0 Å². The summed E-state index contributed by atoms with van der Waals surface area (Å²) in [6, 6.07) is 1.08. The molecule has 1 aliphatic rings. The molecule has 0 aliphatic heterocycles. The van der Waals surface area contributed by atoms with Gasteiger partial charge in [-0.05, 0) is 18.9 Å². The third-order valence-corrected chi connectivity index (χ3v) is 3.01. The molecule has 0 spiro atoms. The van der Waals surface area contributed by atoms with Gasteiger partial charge in [0.1, 0.15) is 0 Å². The molecule has 1 aromatic rings. The minimum Gasteiger partial charge on any atom is -0.478 e. The summed E-state index contributed by atoms with van der Waals surface area (Å²) in [6.45, 7) is 0. The average Bonchev–Trinajstić information content (AvgIpc) is 2.33. The second-order valence-electron chi connectivity index (χ2n) is 4.39. The Morgan fingerprint density at radius 3 is 2.79 bits per heavy atom. The Morgan fingerprint density at radius 1 is 1.42 bits per heavy atom. The number of rotatable bonds is 4. The van der Waals surface area contributed by atoms with Crippen LogP contribution in [-0.2, 0) is 4.74 Å². The molecule has 19 heavy (non-hydrogen) atoms. The number of carbonyl (C=O) groups is 2. The summed E-state index contributed by atoms with van der Waals surface area (Å²) in [5.41, 5.74) is 0.376. The van der Waals surface area contributed by atoms with Gasteiger partial charge in [-0.1, -0.05) is 0 Å². The van der Waals surface area contributed by atoms with Crippen LogP contribution in [0.1, 0.15) is 23.2 Å². The summed E-state index contributed by atoms with van der Waals surface area (Å²) in [4.78, 5) is 26.2. The van der Waals surface area contributed by atoms with Crippen LogP contribution < -0.4 is 10.6 Å². The van der Waals surface area contributed by atoms with Crippen LogP contribution in [0.4, 0.5) is 10.5 Å². The minimum atomic E-state index is -1.08. The van der Waals surface area contributed by atoms with Crippen molar-refractivity contribution in [2.24, 2.45) is 0 Å². The fraction of sp³-hybridized carbons (Fsp3) is 0.417. The maximum absolute atomic E-state index is 11.7. The number of carbonyl (C=O) groups excluding carboxylic acids is 1. The van der Waals surface area contributed by atoms with E-state index in [0.717, 1.165) is 12.8 Å². The van der Waals surface area contributed by atoms with E-state index in [4.69, 9.17) is 9.84 Å². The lowest BCUT2D eigenvalue weighted by Gasteiger charge is -2.34. The molecule has 1 aliphatic carbocycles. The molecule has 0 unspecified atom stereocenters. The molecule has 0 radical (unpaired) electrons. The van der Waals surface area contributed by atoms with Gasteiger partial charge in [0.15, 0.2) is 0 Å². The van der Waals surface area contributed by atoms with Gasteiger partial charge in [-0.25, -0.2) is 9.59 Å². The summed E-state index contributed by atoms with van der Waals surface area (Å²) in [7, 11) is 1.64. The highest BCUT2D eigenvalue weighted by atomic mass is 16.5. The molecule has 2 rings (SSSR count). The van der Waals surface area contributed by atoms with Crippen molar-refractivity contribution in [3.05, 3.63) is 24.0 Å². The van der Waals surface area contributed by atoms with E-state index in [2.05, 4.69) is 15.6 Å². The van der Waals surface area contributed by atoms with Crippen molar-refractivity contribution >= 4 is 17.7 Å². The molecule has 3 N–H and O–H groups in total. The molecule has 1 aromatic heterocycles. The van der Waals surface area contributed by atoms with E-state index in [1.807, 2.05) is 0 Å². The molecule has 0 bridgehead atoms. The molecular weight excluding hydrogens is 250 g/mol. The van der Waals surface area contributed by atoms with Crippen LogP contribution in [0.5, 0.6) is 0 Å². The van der Waals surface area contributed by atoms with E-state index < -0.39 is 5.97 Å². The van der Waals surface area contributed by atoms with E-state index in [1.54, 1.807) is 7.11 Å². The van der Waals surface area contributed by atoms with Crippen LogP contribution >= 0.6 is 0 Å². The number of nitrogens with zero attached hydrogens (tertiary/aromatic N) is 1. The first-order valence-electron chi connectivity index (χ1n) is 5.87. The number of methoxy groups -OCH3 is 1. The predicted octanol–water partition coefficient (Wildman–Crippen LogP) is 1.08. The first-order valence-corrected chi connectivity index (χ1v) is 5.87. The van der Waals surface area contributed by atoms with Crippen LogP contribution in [0.25, 0.3) is 0 Å². The maximum atomic E-state index is 11.7. The van der Waals surface area contributed by atoms with Crippen molar-refractivity contribution < 1.29 is 19.4 Å². The van der Waals surface area contributed by atoms with E-state index in [0.29, 0.717) is 5.69 Å². The Kier molecular flexibility index (Phi) is 3.96. The number of aromatic carboxylic acids is 1.